The number of aldehydes is 1. The Balaban J connectivity index is 2.27. The first-order valence-corrected chi connectivity index (χ1v) is 9.27. The lowest BCUT2D eigenvalue weighted by molar-refractivity contribution is 0.00578. The van der Waals surface area contributed by atoms with Crippen LogP contribution in [0.5, 0.6) is 0 Å². The zero-order chi connectivity index (χ0) is 21.2. The summed E-state index contributed by atoms with van der Waals surface area (Å²) in [6, 6.07) is 3.28. The summed E-state index contributed by atoms with van der Waals surface area (Å²) >= 11 is 0. The largest absolute Gasteiger partial charge is 0.492 e. The Hall–Kier alpha value is -2.19. The molecule has 0 aliphatic carbocycles. The van der Waals surface area contributed by atoms with E-state index >= 15 is 0 Å². The number of aromatic nitrogens is 1. The molecule has 28 heavy (non-hydrogen) atoms. The highest BCUT2D eigenvalue weighted by molar-refractivity contribution is 6.56. The maximum absolute atomic E-state index is 12.1. The number of rotatable bonds is 5. The van der Waals surface area contributed by atoms with Gasteiger partial charge in [0.2, 0.25) is 0 Å². The average Bonchev–Trinajstić information content (AvgIpc) is 2.77. The molecule has 1 aliphatic heterocycles. The van der Waals surface area contributed by atoms with Crippen LogP contribution in [0.1, 0.15) is 64.5 Å². The van der Waals surface area contributed by atoms with E-state index in [9.17, 15) is 9.59 Å². The third-order valence-electron chi connectivity index (χ3n) is 4.67. The van der Waals surface area contributed by atoms with Crippen LogP contribution in [0.2, 0.25) is 0 Å². The van der Waals surface area contributed by atoms with Crippen LogP contribution in [0.4, 0.5) is 4.79 Å². The molecule has 2 rings (SSSR count). The molecular formula is C20H29BN2O5. The van der Waals surface area contributed by atoms with Crippen LogP contribution in [0, 0.1) is 0 Å². The third-order valence-corrected chi connectivity index (χ3v) is 4.67. The first kappa shape index (κ1) is 22.1. The number of carbonyl (C=O) groups excluding carboxylic acids is 2. The molecule has 0 atom stereocenters. The minimum Gasteiger partial charge on any atom is -0.444 e. The van der Waals surface area contributed by atoms with Gasteiger partial charge in [-0.15, -0.1) is 0 Å². The highest BCUT2D eigenvalue weighted by atomic mass is 16.7. The number of carbonyl (C=O) groups is 2. The van der Waals surface area contributed by atoms with E-state index in [0.717, 1.165) is 6.29 Å². The number of alkyl carbamates (subject to hydrolysis) is 1. The number of hydrogen-bond acceptors (Lipinski definition) is 6. The lowest BCUT2D eigenvalue weighted by Gasteiger charge is -2.32. The Bertz CT molecular complexity index is 752. The van der Waals surface area contributed by atoms with Gasteiger partial charge in [0.15, 0.2) is 0 Å². The standard InChI is InChI=1S/C20H29BN2O5/c1-18(2,3)26-17(25)23-12-15(11-16-10-14(13-24)8-9-22-16)21-27-19(4,5)20(6,7)28-21/h8-11,13H,12H2,1-7H3,(H,23,25). The van der Waals surface area contributed by atoms with Gasteiger partial charge < -0.3 is 19.4 Å². The number of nitrogens with zero attached hydrogens (tertiary/aromatic N) is 1. The lowest BCUT2D eigenvalue weighted by Crippen LogP contribution is -2.41. The zero-order valence-corrected chi connectivity index (χ0v) is 17.7. The molecule has 1 fully saturated rings. The van der Waals surface area contributed by atoms with Gasteiger partial charge in [-0.3, -0.25) is 9.78 Å². The van der Waals surface area contributed by atoms with Crippen molar-refractivity contribution in [3.8, 4) is 0 Å². The molecule has 7 nitrogen and oxygen atoms in total. The van der Waals surface area contributed by atoms with Crippen molar-refractivity contribution in [1.82, 2.24) is 10.3 Å². The van der Waals surface area contributed by atoms with Gasteiger partial charge >= 0.3 is 13.2 Å². The molecule has 0 radical (unpaired) electrons. The predicted molar refractivity (Wildman–Crippen MR) is 108 cm³/mol. The van der Waals surface area contributed by atoms with Crippen molar-refractivity contribution in [3.05, 3.63) is 35.1 Å². The molecule has 8 heteroatoms. The quantitative estimate of drug-likeness (QED) is 0.614. The molecule has 0 unspecified atom stereocenters. The van der Waals surface area contributed by atoms with Crippen molar-refractivity contribution in [2.45, 2.75) is 65.3 Å². The number of hydrogen-bond donors (Lipinski definition) is 1. The molecule has 1 N–H and O–H groups in total. The van der Waals surface area contributed by atoms with Gasteiger partial charge in [-0.2, -0.15) is 0 Å². The van der Waals surface area contributed by atoms with E-state index in [1.165, 1.54) is 0 Å². The summed E-state index contributed by atoms with van der Waals surface area (Å²) in [5, 5.41) is 2.73. The summed E-state index contributed by atoms with van der Waals surface area (Å²) in [5.41, 5.74) is 0.0922. The fourth-order valence-electron chi connectivity index (χ4n) is 2.49. The van der Waals surface area contributed by atoms with Crippen molar-refractivity contribution in [3.63, 3.8) is 0 Å². The summed E-state index contributed by atoms with van der Waals surface area (Å²) < 4.78 is 17.5. The molecule has 1 aromatic heterocycles. The van der Waals surface area contributed by atoms with E-state index in [2.05, 4.69) is 10.3 Å². The van der Waals surface area contributed by atoms with Crippen LogP contribution in [0.3, 0.4) is 0 Å². The van der Waals surface area contributed by atoms with Gasteiger partial charge in [-0.25, -0.2) is 4.79 Å². The molecular weight excluding hydrogens is 359 g/mol. The Morgan fingerprint density at radius 1 is 1.25 bits per heavy atom. The lowest BCUT2D eigenvalue weighted by atomic mass is 9.77. The summed E-state index contributed by atoms with van der Waals surface area (Å²) in [7, 11) is -0.665. The van der Waals surface area contributed by atoms with Gasteiger partial charge in [-0.05, 0) is 72.1 Å². The van der Waals surface area contributed by atoms with E-state index in [0.29, 0.717) is 16.7 Å². The van der Waals surface area contributed by atoms with Crippen LogP contribution in [0.15, 0.2) is 23.8 Å². The average molecular weight is 388 g/mol. The summed E-state index contributed by atoms with van der Waals surface area (Å²) in [6.45, 7) is 13.4. The van der Waals surface area contributed by atoms with Crippen molar-refractivity contribution < 1.29 is 23.6 Å². The second-order valence-corrected chi connectivity index (χ2v) is 8.79. The van der Waals surface area contributed by atoms with Gasteiger partial charge in [0, 0.05) is 18.3 Å². The van der Waals surface area contributed by atoms with Gasteiger partial charge in [0.25, 0.3) is 0 Å². The second-order valence-electron chi connectivity index (χ2n) is 8.79. The molecule has 0 bridgehead atoms. The molecule has 1 aromatic rings. The maximum Gasteiger partial charge on any atom is 0.492 e. The summed E-state index contributed by atoms with van der Waals surface area (Å²) in [6.07, 6.45) is 3.53. The molecule has 2 heterocycles. The van der Waals surface area contributed by atoms with E-state index in [1.54, 1.807) is 45.2 Å². The summed E-state index contributed by atoms with van der Waals surface area (Å²) in [5.74, 6) is 0. The molecule has 0 spiro atoms. The molecule has 0 aromatic carbocycles. The van der Waals surface area contributed by atoms with Crippen molar-refractivity contribution in [1.29, 1.82) is 0 Å². The Kier molecular flexibility index (Phi) is 6.36. The number of nitrogens with one attached hydrogen (secondary N) is 1. The van der Waals surface area contributed by atoms with Crippen LogP contribution >= 0.6 is 0 Å². The van der Waals surface area contributed by atoms with Crippen molar-refractivity contribution in [2.24, 2.45) is 0 Å². The zero-order valence-electron chi connectivity index (χ0n) is 17.7. The summed E-state index contributed by atoms with van der Waals surface area (Å²) in [4.78, 5) is 27.4. The monoisotopic (exact) mass is 388 g/mol. The van der Waals surface area contributed by atoms with Crippen LogP contribution in [-0.4, -0.2) is 47.8 Å². The van der Waals surface area contributed by atoms with Gasteiger partial charge in [-0.1, -0.05) is 0 Å². The number of pyridine rings is 1. The minimum atomic E-state index is -0.665. The molecule has 1 saturated heterocycles. The normalized spacial score (nSPS) is 18.7. The highest BCUT2D eigenvalue weighted by Crippen LogP contribution is 2.38. The fourth-order valence-corrected chi connectivity index (χ4v) is 2.49. The fraction of sp³-hybridized carbons (Fsp3) is 0.550. The smallest absolute Gasteiger partial charge is 0.444 e. The first-order chi connectivity index (χ1) is 12.8. The highest BCUT2D eigenvalue weighted by Gasteiger charge is 2.52. The van der Waals surface area contributed by atoms with Crippen LogP contribution in [-0.2, 0) is 14.0 Å². The molecule has 152 valence electrons. The topological polar surface area (TPSA) is 86.8 Å². The van der Waals surface area contributed by atoms with Gasteiger partial charge in [0.1, 0.15) is 11.9 Å². The van der Waals surface area contributed by atoms with E-state index in [1.807, 2.05) is 27.7 Å². The minimum absolute atomic E-state index is 0.152. The number of amides is 1. The molecule has 1 aliphatic rings. The second kappa shape index (κ2) is 8.05. The maximum atomic E-state index is 12.1. The van der Waals surface area contributed by atoms with E-state index < -0.39 is 30.0 Å². The van der Waals surface area contributed by atoms with Crippen molar-refractivity contribution >= 4 is 25.6 Å². The van der Waals surface area contributed by atoms with E-state index in [-0.39, 0.29) is 6.54 Å². The molecule has 0 saturated carbocycles. The molecule has 1 amide bonds. The van der Waals surface area contributed by atoms with E-state index in [4.69, 9.17) is 14.0 Å². The van der Waals surface area contributed by atoms with Crippen molar-refractivity contribution in [2.75, 3.05) is 6.54 Å². The first-order valence-electron chi connectivity index (χ1n) is 9.27. The number of ether oxygens (including phenoxy) is 1. The SMILES string of the molecule is CC(C)(C)OC(=O)NCC(=Cc1cc(C=O)ccn1)B1OC(C)(C)C(C)(C)O1. The van der Waals surface area contributed by atoms with Crippen LogP contribution < -0.4 is 5.32 Å². The third kappa shape index (κ3) is 5.66. The predicted octanol–water partition coefficient (Wildman–Crippen LogP) is 3.43. The Morgan fingerprint density at radius 3 is 2.39 bits per heavy atom. The van der Waals surface area contributed by atoms with Gasteiger partial charge in [0.05, 0.1) is 16.9 Å². The Morgan fingerprint density at radius 2 is 1.86 bits per heavy atom. The Labute approximate surface area is 167 Å². The van der Waals surface area contributed by atoms with Crippen LogP contribution in [0.25, 0.3) is 6.08 Å².